The Morgan fingerprint density at radius 2 is 1.94 bits per heavy atom. The Kier molecular flexibility index (Phi) is 8.38. The molecule has 6 nitrogen and oxygen atoms in total. The fourth-order valence-corrected chi connectivity index (χ4v) is 4.72. The molecule has 3 N–H and O–H groups in total. The number of carbonyl (C=O) groups is 1. The lowest BCUT2D eigenvalue weighted by molar-refractivity contribution is -0.122. The van der Waals surface area contributed by atoms with Crippen LogP contribution in [0.25, 0.3) is 0 Å². The molecule has 182 valence electrons. The zero-order chi connectivity index (χ0) is 23.9. The molecule has 0 spiro atoms. The molecule has 6 heteroatoms. The van der Waals surface area contributed by atoms with Crippen molar-refractivity contribution < 1.29 is 19.4 Å². The maximum absolute atomic E-state index is 12.6. The third-order valence-electron chi connectivity index (χ3n) is 6.38. The number of carbonyl (C=O) groups excluding carboxylic acids is 1. The maximum atomic E-state index is 12.6. The van der Waals surface area contributed by atoms with E-state index in [9.17, 15) is 9.90 Å². The molecule has 1 aliphatic heterocycles. The SMILES string of the molecule is CC(C)Oc1ccc2c(c1)[C@@H]1C[C@H]2OC/C=C/CCC(=O)N[C@@H](Cc2ccccc2)[C@H](O)CN1. The number of aliphatic hydroxyl groups is 1. The van der Waals surface area contributed by atoms with Crippen LogP contribution < -0.4 is 15.4 Å². The Balaban J connectivity index is 1.55. The average molecular weight is 465 g/mol. The van der Waals surface area contributed by atoms with Gasteiger partial charge in [-0.1, -0.05) is 48.6 Å². The van der Waals surface area contributed by atoms with Crippen molar-refractivity contribution in [3.05, 3.63) is 77.4 Å². The second kappa shape index (κ2) is 11.6. The van der Waals surface area contributed by atoms with Gasteiger partial charge in [0.05, 0.1) is 31.0 Å². The molecular formula is C28H36N2O4. The number of hydrogen-bond donors (Lipinski definition) is 3. The van der Waals surface area contributed by atoms with Crippen molar-refractivity contribution in [1.29, 1.82) is 0 Å². The van der Waals surface area contributed by atoms with E-state index in [2.05, 4.69) is 22.8 Å². The number of amides is 1. The highest BCUT2D eigenvalue weighted by molar-refractivity contribution is 5.76. The van der Waals surface area contributed by atoms with Crippen LogP contribution in [0, 0.1) is 0 Å². The maximum Gasteiger partial charge on any atom is 0.220 e. The Morgan fingerprint density at radius 1 is 1.12 bits per heavy atom. The summed E-state index contributed by atoms with van der Waals surface area (Å²) in [5.74, 6) is 0.785. The van der Waals surface area contributed by atoms with Gasteiger partial charge < -0.3 is 25.2 Å². The number of β-amino-alcohol motifs (C(OH)–C–C–N with tert-alkyl or cyclic N) is 1. The molecule has 0 unspecified atom stereocenters. The molecule has 2 aromatic carbocycles. The van der Waals surface area contributed by atoms with Gasteiger partial charge in [-0.3, -0.25) is 4.79 Å². The third-order valence-corrected chi connectivity index (χ3v) is 6.38. The molecule has 0 radical (unpaired) electrons. The summed E-state index contributed by atoms with van der Waals surface area (Å²) < 4.78 is 12.1. The number of nitrogens with one attached hydrogen (secondary N) is 2. The minimum Gasteiger partial charge on any atom is -0.491 e. The zero-order valence-corrected chi connectivity index (χ0v) is 20.1. The van der Waals surface area contributed by atoms with E-state index in [4.69, 9.17) is 9.47 Å². The van der Waals surface area contributed by atoms with E-state index in [0.29, 0.717) is 32.4 Å². The van der Waals surface area contributed by atoms with Crippen LogP contribution >= 0.6 is 0 Å². The summed E-state index contributed by atoms with van der Waals surface area (Å²) in [7, 11) is 0. The number of hydrogen-bond acceptors (Lipinski definition) is 5. The van der Waals surface area contributed by atoms with Gasteiger partial charge >= 0.3 is 0 Å². The summed E-state index contributed by atoms with van der Waals surface area (Å²) >= 11 is 0. The van der Waals surface area contributed by atoms with Gasteiger partial charge in [-0.2, -0.15) is 0 Å². The normalized spacial score (nSPS) is 26.8. The summed E-state index contributed by atoms with van der Waals surface area (Å²) in [6.07, 6.45) is 5.71. The fraction of sp³-hybridized carbons (Fsp3) is 0.464. The van der Waals surface area contributed by atoms with Crippen LogP contribution in [0.4, 0.5) is 0 Å². The van der Waals surface area contributed by atoms with Crippen LogP contribution in [0.1, 0.15) is 61.9 Å². The van der Waals surface area contributed by atoms with E-state index < -0.39 is 6.10 Å². The van der Waals surface area contributed by atoms with Crippen LogP contribution in [-0.2, 0) is 16.0 Å². The van der Waals surface area contributed by atoms with Gasteiger partial charge in [-0.05, 0) is 61.9 Å². The second-order valence-electron chi connectivity index (χ2n) is 9.42. The molecule has 1 heterocycles. The van der Waals surface area contributed by atoms with E-state index >= 15 is 0 Å². The summed E-state index contributed by atoms with van der Waals surface area (Å²) in [6, 6.07) is 15.8. The van der Waals surface area contributed by atoms with Crippen molar-refractivity contribution in [1.82, 2.24) is 10.6 Å². The minimum absolute atomic E-state index is 0.0209. The van der Waals surface area contributed by atoms with Gasteiger partial charge in [0.15, 0.2) is 0 Å². The quantitative estimate of drug-likeness (QED) is 0.596. The molecule has 2 aliphatic rings. The van der Waals surface area contributed by atoms with Gasteiger partial charge in [-0.15, -0.1) is 0 Å². The lowest BCUT2D eigenvalue weighted by Gasteiger charge is -2.26. The monoisotopic (exact) mass is 464 g/mol. The van der Waals surface area contributed by atoms with Crippen LogP contribution in [0.15, 0.2) is 60.7 Å². The number of ether oxygens (including phenoxy) is 2. The molecule has 0 aromatic heterocycles. The van der Waals surface area contributed by atoms with Crippen molar-refractivity contribution in [3.8, 4) is 5.75 Å². The first-order valence-electron chi connectivity index (χ1n) is 12.3. The average Bonchev–Trinajstić information content (AvgIpc) is 3.15. The van der Waals surface area contributed by atoms with E-state index in [-0.39, 0.29) is 30.2 Å². The highest BCUT2D eigenvalue weighted by Crippen LogP contribution is 2.42. The summed E-state index contributed by atoms with van der Waals surface area (Å²) in [4.78, 5) is 12.6. The molecule has 2 bridgehead atoms. The number of rotatable bonds is 4. The third kappa shape index (κ3) is 6.47. The molecule has 4 atom stereocenters. The van der Waals surface area contributed by atoms with E-state index in [1.54, 1.807) is 0 Å². The number of allylic oxidation sites excluding steroid dienone is 1. The molecule has 1 amide bonds. The van der Waals surface area contributed by atoms with Crippen molar-refractivity contribution in [3.63, 3.8) is 0 Å². The standard InChI is InChI=1S/C28H36N2O4/c1-19(2)34-21-12-13-22-23(16-21)24-17-27(22)33-14-8-4-7-11-28(32)30-25(26(31)18-29-24)15-20-9-5-3-6-10-20/h3-6,8-10,12-13,16,19,24-27,29,31H,7,11,14-15,17-18H2,1-2H3,(H,30,32)/b8-4+/t24-,25-,26+,27+/m0/s1. The zero-order valence-electron chi connectivity index (χ0n) is 20.1. The summed E-state index contributed by atoms with van der Waals surface area (Å²) in [6.45, 7) is 4.90. The molecular weight excluding hydrogens is 428 g/mol. The lowest BCUT2D eigenvalue weighted by atomic mass is 10.00. The molecule has 4 rings (SSSR count). The molecule has 0 saturated heterocycles. The highest BCUT2D eigenvalue weighted by Gasteiger charge is 2.33. The molecule has 0 saturated carbocycles. The molecule has 0 fully saturated rings. The highest BCUT2D eigenvalue weighted by atomic mass is 16.5. The minimum atomic E-state index is -0.733. The first-order valence-corrected chi connectivity index (χ1v) is 12.3. The fourth-order valence-electron chi connectivity index (χ4n) is 4.72. The van der Waals surface area contributed by atoms with Gasteiger partial charge in [0, 0.05) is 19.0 Å². The molecule has 2 aromatic rings. The van der Waals surface area contributed by atoms with Gasteiger partial charge in [-0.25, -0.2) is 0 Å². The number of benzene rings is 2. The van der Waals surface area contributed by atoms with Crippen molar-refractivity contribution in [2.75, 3.05) is 13.2 Å². The Labute approximate surface area is 202 Å². The smallest absolute Gasteiger partial charge is 0.220 e. The predicted octanol–water partition coefficient (Wildman–Crippen LogP) is 4.00. The van der Waals surface area contributed by atoms with E-state index in [1.165, 1.54) is 0 Å². The lowest BCUT2D eigenvalue weighted by Crippen LogP contribution is -2.49. The van der Waals surface area contributed by atoms with Crippen LogP contribution in [0.2, 0.25) is 0 Å². The topological polar surface area (TPSA) is 79.8 Å². The van der Waals surface area contributed by atoms with Crippen LogP contribution in [-0.4, -0.2) is 42.4 Å². The first kappa shape index (κ1) is 24.5. The number of fused-ring (bicyclic) bond motifs is 5. The van der Waals surface area contributed by atoms with Crippen LogP contribution in [0.3, 0.4) is 0 Å². The van der Waals surface area contributed by atoms with Gasteiger partial charge in [0.25, 0.3) is 0 Å². The Morgan fingerprint density at radius 3 is 2.74 bits per heavy atom. The second-order valence-corrected chi connectivity index (χ2v) is 9.42. The van der Waals surface area contributed by atoms with Crippen molar-refractivity contribution in [2.24, 2.45) is 0 Å². The van der Waals surface area contributed by atoms with E-state index in [0.717, 1.165) is 28.9 Å². The van der Waals surface area contributed by atoms with Gasteiger partial charge in [0.1, 0.15) is 5.75 Å². The van der Waals surface area contributed by atoms with Crippen molar-refractivity contribution in [2.45, 2.75) is 69.9 Å². The van der Waals surface area contributed by atoms with Gasteiger partial charge in [0.2, 0.25) is 5.91 Å². The number of aliphatic hydroxyl groups excluding tert-OH is 1. The largest absolute Gasteiger partial charge is 0.491 e. The summed E-state index contributed by atoms with van der Waals surface area (Å²) in [5.41, 5.74) is 3.40. The Hall–Kier alpha value is -2.67. The molecule has 34 heavy (non-hydrogen) atoms. The first-order chi connectivity index (χ1) is 16.5. The predicted molar refractivity (Wildman–Crippen MR) is 133 cm³/mol. The summed E-state index contributed by atoms with van der Waals surface area (Å²) in [5, 5.41) is 17.7. The molecule has 1 aliphatic carbocycles. The Bertz CT molecular complexity index is 976. The van der Waals surface area contributed by atoms with E-state index in [1.807, 2.05) is 62.4 Å². The van der Waals surface area contributed by atoms with Crippen LogP contribution in [0.5, 0.6) is 5.75 Å². The van der Waals surface area contributed by atoms with Crippen molar-refractivity contribution >= 4 is 5.91 Å².